The standard InChI is InChI=1S/C9H15ClN2/c10-8-4-3-7-12-9(8)5-1-2-6-11-12/h11H,1-7H2. The first-order valence-electron chi connectivity index (χ1n) is 4.76. The molecule has 0 aromatic carbocycles. The highest BCUT2D eigenvalue weighted by Crippen LogP contribution is 2.28. The molecule has 12 heavy (non-hydrogen) atoms. The summed E-state index contributed by atoms with van der Waals surface area (Å²) in [5.41, 5.74) is 4.75. The lowest BCUT2D eigenvalue weighted by Crippen LogP contribution is -2.39. The van der Waals surface area contributed by atoms with Gasteiger partial charge in [-0.05, 0) is 32.1 Å². The summed E-state index contributed by atoms with van der Waals surface area (Å²) in [6.07, 6.45) is 5.97. The van der Waals surface area contributed by atoms with Gasteiger partial charge >= 0.3 is 0 Å². The van der Waals surface area contributed by atoms with Crippen molar-refractivity contribution in [3.05, 3.63) is 10.7 Å². The summed E-state index contributed by atoms with van der Waals surface area (Å²) in [4.78, 5) is 0. The molecule has 1 saturated heterocycles. The first-order valence-corrected chi connectivity index (χ1v) is 5.14. The van der Waals surface area contributed by atoms with Crippen molar-refractivity contribution in [2.45, 2.75) is 32.1 Å². The number of nitrogens with zero attached hydrogens (tertiary/aromatic N) is 1. The van der Waals surface area contributed by atoms with Crippen molar-refractivity contribution in [2.75, 3.05) is 13.1 Å². The van der Waals surface area contributed by atoms with Crippen LogP contribution in [0.2, 0.25) is 0 Å². The Balaban J connectivity index is 2.17. The lowest BCUT2D eigenvalue weighted by molar-refractivity contribution is 0.235. The van der Waals surface area contributed by atoms with Crippen LogP contribution in [-0.4, -0.2) is 18.1 Å². The van der Waals surface area contributed by atoms with Crippen LogP contribution < -0.4 is 5.43 Å². The number of rotatable bonds is 0. The number of hydrogen-bond donors (Lipinski definition) is 1. The van der Waals surface area contributed by atoms with E-state index in [0.717, 1.165) is 31.0 Å². The summed E-state index contributed by atoms with van der Waals surface area (Å²) in [5, 5.41) is 3.33. The number of fused-ring (bicyclic) bond motifs is 1. The smallest absolute Gasteiger partial charge is 0.0438 e. The maximum atomic E-state index is 6.16. The van der Waals surface area contributed by atoms with E-state index in [2.05, 4.69) is 10.4 Å². The zero-order valence-electron chi connectivity index (χ0n) is 7.27. The van der Waals surface area contributed by atoms with E-state index in [1.807, 2.05) is 0 Å². The zero-order valence-corrected chi connectivity index (χ0v) is 8.03. The highest BCUT2D eigenvalue weighted by Gasteiger charge is 2.19. The maximum absolute atomic E-state index is 6.16. The second-order valence-electron chi connectivity index (χ2n) is 3.47. The van der Waals surface area contributed by atoms with Crippen LogP contribution in [0.5, 0.6) is 0 Å². The van der Waals surface area contributed by atoms with Crippen molar-refractivity contribution >= 4 is 11.6 Å². The summed E-state index contributed by atoms with van der Waals surface area (Å²) in [6.45, 7) is 2.24. The van der Waals surface area contributed by atoms with Crippen LogP contribution in [0.1, 0.15) is 32.1 Å². The largest absolute Gasteiger partial charge is 0.311 e. The minimum atomic E-state index is 1.08. The molecular formula is C9H15ClN2. The van der Waals surface area contributed by atoms with Gasteiger partial charge in [0.1, 0.15) is 0 Å². The molecule has 0 spiro atoms. The molecule has 0 saturated carbocycles. The van der Waals surface area contributed by atoms with Crippen molar-refractivity contribution < 1.29 is 0 Å². The summed E-state index contributed by atoms with van der Waals surface area (Å²) in [6, 6.07) is 0. The van der Waals surface area contributed by atoms with Gasteiger partial charge in [-0.25, -0.2) is 5.43 Å². The van der Waals surface area contributed by atoms with Crippen LogP contribution in [0, 0.1) is 0 Å². The first kappa shape index (κ1) is 8.39. The van der Waals surface area contributed by atoms with E-state index in [9.17, 15) is 0 Å². The highest BCUT2D eigenvalue weighted by atomic mass is 35.5. The van der Waals surface area contributed by atoms with Gasteiger partial charge in [-0.2, -0.15) is 0 Å². The number of hydrazine groups is 1. The van der Waals surface area contributed by atoms with E-state index >= 15 is 0 Å². The van der Waals surface area contributed by atoms with Crippen LogP contribution in [-0.2, 0) is 0 Å². The molecule has 3 heteroatoms. The van der Waals surface area contributed by atoms with Gasteiger partial charge in [0.15, 0.2) is 0 Å². The topological polar surface area (TPSA) is 15.3 Å². The third-order valence-corrected chi connectivity index (χ3v) is 2.97. The van der Waals surface area contributed by atoms with E-state index in [1.54, 1.807) is 0 Å². The monoisotopic (exact) mass is 186 g/mol. The number of allylic oxidation sites excluding steroid dienone is 2. The van der Waals surface area contributed by atoms with Crippen molar-refractivity contribution in [2.24, 2.45) is 0 Å². The predicted molar refractivity (Wildman–Crippen MR) is 50.7 cm³/mol. The molecule has 0 aromatic heterocycles. The van der Waals surface area contributed by atoms with Gasteiger partial charge in [0.05, 0.1) is 0 Å². The van der Waals surface area contributed by atoms with Gasteiger partial charge in [0.2, 0.25) is 0 Å². The molecule has 0 aromatic rings. The Morgan fingerprint density at radius 3 is 3.00 bits per heavy atom. The third-order valence-electron chi connectivity index (χ3n) is 2.56. The number of nitrogens with one attached hydrogen (secondary N) is 1. The van der Waals surface area contributed by atoms with E-state index in [1.165, 1.54) is 25.0 Å². The van der Waals surface area contributed by atoms with Gasteiger partial charge in [0.25, 0.3) is 0 Å². The lowest BCUT2D eigenvalue weighted by atomic mass is 10.1. The van der Waals surface area contributed by atoms with E-state index < -0.39 is 0 Å². The molecule has 2 aliphatic rings. The summed E-state index contributed by atoms with van der Waals surface area (Å²) >= 11 is 6.16. The molecule has 2 heterocycles. The first-order chi connectivity index (χ1) is 5.88. The molecule has 1 fully saturated rings. The third kappa shape index (κ3) is 1.59. The minimum Gasteiger partial charge on any atom is -0.311 e. The SMILES string of the molecule is ClC1=C2CCCCNN2CCC1. The molecule has 2 nitrogen and oxygen atoms in total. The molecule has 2 rings (SSSR count). The maximum Gasteiger partial charge on any atom is 0.0438 e. The summed E-state index contributed by atoms with van der Waals surface area (Å²) in [7, 11) is 0. The van der Waals surface area contributed by atoms with Gasteiger partial charge in [-0.1, -0.05) is 11.6 Å². The average molecular weight is 187 g/mol. The van der Waals surface area contributed by atoms with Gasteiger partial charge in [0, 0.05) is 23.8 Å². The Kier molecular flexibility index (Phi) is 2.57. The normalized spacial score (nSPS) is 25.2. The van der Waals surface area contributed by atoms with Crippen LogP contribution in [0.3, 0.4) is 0 Å². The molecule has 0 unspecified atom stereocenters. The summed E-state index contributed by atoms with van der Waals surface area (Å²) in [5.74, 6) is 0. The molecular weight excluding hydrogens is 172 g/mol. The Labute approximate surface area is 78.5 Å². The molecule has 68 valence electrons. The fraction of sp³-hybridized carbons (Fsp3) is 0.778. The predicted octanol–water partition coefficient (Wildman–Crippen LogP) is 2.22. The molecule has 2 aliphatic heterocycles. The minimum absolute atomic E-state index is 1.08. The van der Waals surface area contributed by atoms with Crippen LogP contribution in [0.15, 0.2) is 10.7 Å². The van der Waals surface area contributed by atoms with E-state index in [0.29, 0.717) is 0 Å². The molecule has 0 bridgehead atoms. The van der Waals surface area contributed by atoms with Crippen LogP contribution >= 0.6 is 11.6 Å². The fourth-order valence-corrected chi connectivity index (χ4v) is 2.22. The second-order valence-corrected chi connectivity index (χ2v) is 3.93. The van der Waals surface area contributed by atoms with Gasteiger partial charge in [-0.15, -0.1) is 0 Å². The van der Waals surface area contributed by atoms with Crippen molar-refractivity contribution in [3.8, 4) is 0 Å². The number of halogens is 1. The summed E-state index contributed by atoms with van der Waals surface area (Å²) < 4.78 is 0. The lowest BCUT2D eigenvalue weighted by Gasteiger charge is -2.30. The van der Waals surface area contributed by atoms with Gasteiger partial charge < -0.3 is 5.01 Å². The van der Waals surface area contributed by atoms with Crippen molar-refractivity contribution in [1.82, 2.24) is 10.4 Å². The Hall–Kier alpha value is -0.210. The quantitative estimate of drug-likeness (QED) is 0.624. The molecule has 0 amide bonds. The Morgan fingerprint density at radius 2 is 2.08 bits per heavy atom. The van der Waals surface area contributed by atoms with E-state index in [-0.39, 0.29) is 0 Å². The molecule has 0 aliphatic carbocycles. The average Bonchev–Trinajstić information content (AvgIpc) is 2.30. The molecule has 1 N–H and O–H groups in total. The van der Waals surface area contributed by atoms with Crippen LogP contribution in [0.4, 0.5) is 0 Å². The molecule has 0 radical (unpaired) electrons. The van der Waals surface area contributed by atoms with Crippen molar-refractivity contribution in [1.29, 1.82) is 0 Å². The molecule has 0 atom stereocenters. The van der Waals surface area contributed by atoms with E-state index in [4.69, 9.17) is 11.6 Å². The van der Waals surface area contributed by atoms with Crippen molar-refractivity contribution in [3.63, 3.8) is 0 Å². The van der Waals surface area contributed by atoms with Gasteiger partial charge in [-0.3, -0.25) is 0 Å². The zero-order chi connectivity index (χ0) is 8.39. The Morgan fingerprint density at radius 1 is 1.17 bits per heavy atom. The fourth-order valence-electron chi connectivity index (χ4n) is 1.89. The Bertz CT molecular complexity index is 201. The highest BCUT2D eigenvalue weighted by molar-refractivity contribution is 6.29. The van der Waals surface area contributed by atoms with Crippen LogP contribution in [0.25, 0.3) is 0 Å². The number of hydrogen-bond acceptors (Lipinski definition) is 2. The second kappa shape index (κ2) is 3.67.